The van der Waals surface area contributed by atoms with E-state index in [2.05, 4.69) is 10.3 Å². The van der Waals surface area contributed by atoms with Crippen LogP contribution >= 0.6 is 34.3 Å². The second-order valence-electron chi connectivity index (χ2n) is 5.82. The number of rotatable bonds is 4. The van der Waals surface area contributed by atoms with Crippen LogP contribution in [0.5, 0.6) is 0 Å². The molecule has 0 radical (unpaired) electrons. The standard InChI is InChI=1S/C19H9ClF2N2O3S2/c20-10-6-5-8(14(21)15(10)22)9-7-28-17(13(9)19(26)27)24-16(25)18-23-11-3-1-2-4-12(11)29-18/h1-7H,(H,24,25)(H,26,27). The number of thiazole rings is 1. The number of hydrogen-bond acceptors (Lipinski definition) is 5. The topological polar surface area (TPSA) is 79.3 Å². The highest BCUT2D eigenvalue weighted by Gasteiger charge is 2.25. The predicted molar refractivity (Wildman–Crippen MR) is 109 cm³/mol. The van der Waals surface area contributed by atoms with E-state index in [0.29, 0.717) is 5.52 Å². The Hall–Kier alpha value is -2.88. The van der Waals surface area contributed by atoms with Gasteiger partial charge in [0.05, 0.1) is 15.2 Å². The normalized spacial score (nSPS) is 11.0. The predicted octanol–water partition coefficient (Wildman–Crippen LogP) is 5.91. The lowest BCUT2D eigenvalue weighted by Gasteiger charge is -2.07. The van der Waals surface area contributed by atoms with Crippen molar-refractivity contribution in [3.63, 3.8) is 0 Å². The number of aromatic carboxylic acids is 1. The summed E-state index contributed by atoms with van der Waals surface area (Å²) in [6.07, 6.45) is 0. The Morgan fingerprint density at radius 1 is 1.07 bits per heavy atom. The van der Waals surface area contributed by atoms with Crippen molar-refractivity contribution in [1.82, 2.24) is 4.98 Å². The lowest BCUT2D eigenvalue weighted by atomic mass is 10.0. The minimum Gasteiger partial charge on any atom is -0.478 e. The van der Waals surface area contributed by atoms with Gasteiger partial charge in [0.2, 0.25) is 0 Å². The average Bonchev–Trinajstić information content (AvgIpc) is 3.30. The third-order valence-electron chi connectivity index (χ3n) is 4.05. The Labute approximate surface area is 175 Å². The summed E-state index contributed by atoms with van der Waals surface area (Å²) in [5.74, 6) is -4.52. The minimum atomic E-state index is -1.39. The van der Waals surface area contributed by atoms with Crippen LogP contribution in [0.3, 0.4) is 0 Å². The highest BCUT2D eigenvalue weighted by molar-refractivity contribution is 7.20. The SMILES string of the molecule is O=C(Nc1scc(-c2ccc(Cl)c(F)c2F)c1C(=O)O)c1nc2ccccc2s1. The van der Waals surface area contributed by atoms with Crippen molar-refractivity contribution in [2.24, 2.45) is 0 Å². The van der Waals surface area contributed by atoms with Crippen molar-refractivity contribution >= 4 is 61.4 Å². The summed E-state index contributed by atoms with van der Waals surface area (Å²) in [6, 6.07) is 9.50. The molecule has 0 aliphatic heterocycles. The number of thiophene rings is 1. The molecule has 5 nitrogen and oxygen atoms in total. The van der Waals surface area contributed by atoms with Gasteiger partial charge in [-0.05, 0) is 24.3 Å². The number of carbonyl (C=O) groups excluding carboxylic acids is 1. The maximum Gasteiger partial charge on any atom is 0.339 e. The number of benzene rings is 2. The Bertz CT molecular complexity index is 1250. The highest BCUT2D eigenvalue weighted by Crippen LogP contribution is 2.38. The third-order valence-corrected chi connectivity index (χ3v) is 6.27. The van der Waals surface area contributed by atoms with Gasteiger partial charge < -0.3 is 10.4 Å². The van der Waals surface area contributed by atoms with Crippen LogP contribution in [-0.4, -0.2) is 22.0 Å². The van der Waals surface area contributed by atoms with E-state index in [9.17, 15) is 23.5 Å². The lowest BCUT2D eigenvalue weighted by Crippen LogP contribution is -2.13. The van der Waals surface area contributed by atoms with Gasteiger partial charge in [0.25, 0.3) is 5.91 Å². The summed E-state index contributed by atoms with van der Waals surface area (Å²) < 4.78 is 28.9. The molecule has 0 saturated heterocycles. The zero-order chi connectivity index (χ0) is 20.7. The minimum absolute atomic E-state index is 0.00786. The largest absolute Gasteiger partial charge is 0.478 e. The molecule has 0 aliphatic carbocycles. The first-order valence-corrected chi connectivity index (χ1v) is 10.1. The zero-order valence-electron chi connectivity index (χ0n) is 14.2. The molecular weight excluding hydrogens is 442 g/mol. The molecule has 0 bridgehead atoms. The molecule has 0 fully saturated rings. The quantitative estimate of drug-likeness (QED) is 0.379. The molecule has 29 heavy (non-hydrogen) atoms. The molecule has 0 saturated carbocycles. The fourth-order valence-electron chi connectivity index (χ4n) is 2.72. The van der Waals surface area contributed by atoms with Crippen LogP contribution in [0.25, 0.3) is 21.3 Å². The molecule has 0 spiro atoms. The Balaban J connectivity index is 1.73. The van der Waals surface area contributed by atoms with Gasteiger partial charge in [-0.15, -0.1) is 22.7 Å². The van der Waals surface area contributed by atoms with Crippen LogP contribution in [0.1, 0.15) is 20.2 Å². The van der Waals surface area contributed by atoms with Crippen LogP contribution in [0.4, 0.5) is 13.8 Å². The van der Waals surface area contributed by atoms with Crippen LogP contribution < -0.4 is 5.32 Å². The van der Waals surface area contributed by atoms with Crippen molar-refractivity contribution in [3.8, 4) is 11.1 Å². The van der Waals surface area contributed by atoms with Gasteiger partial charge in [0, 0.05) is 16.5 Å². The Morgan fingerprint density at radius 3 is 2.55 bits per heavy atom. The fraction of sp³-hybridized carbons (Fsp3) is 0. The van der Waals surface area contributed by atoms with E-state index in [4.69, 9.17) is 11.6 Å². The number of anilines is 1. The van der Waals surface area contributed by atoms with Crippen molar-refractivity contribution in [3.05, 3.63) is 69.0 Å². The highest BCUT2D eigenvalue weighted by atomic mass is 35.5. The molecule has 0 unspecified atom stereocenters. The molecule has 10 heteroatoms. The number of halogens is 3. The number of carboxylic acids is 1. The van der Waals surface area contributed by atoms with Gasteiger partial charge in [-0.2, -0.15) is 0 Å². The van der Waals surface area contributed by atoms with Crippen LogP contribution in [0.15, 0.2) is 41.8 Å². The molecule has 0 aliphatic rings. The summed E-state index contributed by atoms with van der Waals surface area (Å²) >= 11 is 7.61. The van der Waals surface area contributed by atoms with Crippen molar-refractivity contribution < 1.29 is 23.5 Å². The molecule has 2 N–H and O–H groups in total. The maximum atomic E-state index is 14.3. The molecule has 2 heterocycles. The number of aromatic nitrogens is 1. The fourth-order valence-corrected chi connectivity index (χ4v) is 4.67. The van der Waals surface area contributed by atoms with Gasteiger partial charge in [0.15, 0.2) is 16.6 Å². The second kappa shape index (κ2) is 7.51. The average molecular weight is 451 g/mol. The summed E-state index contributed by atoms with van der Waals surface area (Å²) in [7, 11) is 0. The van der Waals surface area contributed by atoms with Gasteiger partial charge in [-0.3, -0.25) is 4.79 Å². The molecule has 146 valence electrons. The van der Waals surface area contributed by atoms with E-state index in [1.165, 1.54) is 11.4 Å². The number of carboxylic acid groups (broad SMARTS) is 1. The van der Waals surface area contributed by atoms with E-state index >= 15 is 0 Å². The number of nitrogens with one attached hydrogen (secondary N) is 1. The van der Waals surface area contributed by atoms with Crippen molar-refractivity contribution in [1.29, 1.82) is 0 Å². The van der Waals surface area contributed by atoms with Gasteiger partial charge in [-0.25, -0.2) is 18.6 Å². The van der Waals surface area contributed by atoms with Gasteiger partial charge >= 0.3 is 5.97 Å². The summed E-state index contributed by atoms with van der Waals surface area (Å²) in [6.45, 7) is 0. The number of para-hydroxylation sites is 1. The van der Waals surface area contributed by atoms with Crippen LogP contribution in [-0.2, 0) is 0 Å². The van der Waals surface area contributed by atoms with Crippen molar-refractivity contribution in [2.75, 3.05) is 5.32 Å². The second-order valence-corrected chi connectivity index (χ2v) is 8.14. The van der Waals surface area contributed by atoms with Gasteiger partial charge in [-0.1, -0.05) is 23.7 Å². The Kier molecular flexibility index (Phi) is 5.03. The molecule has 2 aromatic heterocycles. The monoisotopic (exact) mass is 450 g/mol. The van der Waals surface area contributed by atoms with Crippen LogP contribution in [0.2, 0.25) is 5.02 Å². The number of amides is 1. The zero-order valence-corrected chi connectivity index (χ0v) is 16.6. The smallest absolute Gasteiger partial charge is 0.339 e. The van der Waals surface area contributed by atoms with Gasteiger partial charge in [0.1, 0.15) is 10.6 Å². The molecule has 1 amide bonds. The molecule has 4 aromatic rings. The number of fused-ring (bicyclic) bond motifs is 1. The number of nitrogens with zero attached hydrogens (tertiary/aromatic N) is 1. The summed E-state index contributed by atoms with van der Waals surface area (Å²) in [5.41, 5.74) is -0.0204. The number of hydrogen-bond donors (Lipinski definition) is 2. The Morgan fingerprint density at radius 2 is 1.83 bits per heavy atom. The summed E-state index contributed by atoms with van der Waals surface area (Å²) in [5, 5.41) is 13.2. The van der Waals surface area contributed by atoms with E-state index in [1.807, 2.05) is 12.1 Å². The maximum absolute atomic E-state index is 14.3. The van der Waals surface area contributed by atoms with Crippen LogP contribution in [0, 0.1) is 11.6 Å². The molecule has 2 aromatic carbocycles. The summed E-state index contributed by atoms with van der Waals surface area (Å²) in [4.78, 5) is 28.6. The van der Waals surface area contributed by atoms with E-state index < -0.39 is 28.5 Å². The molecular formula is C19H9ClF2N2O3S2. The van der Waals surface area contributed by atoms with E-state index in [0.717, 1.165) is 33.4 Å². The third kappa shape index (κ3) is 3.48. The lowest BCUT2D eigenvalue weighted by molar-refractivity contribution is 0.0699. The van der Waals surface area contributed by atoms with E-state index in [-0.39, 0.29) is 26.7 Å². The first kappa shape index (κ1) is 19.4. The number of carbonyl (C=O) groups is 2. The van der Waals surface area contributed by atoms with Crippen molar-refractivity contribution in [2.45, 2.75) is 0 Å². The first-order valence-electron chi connectivity index (χ1n) is 8.02. The molecule has 0 atom stereocenters. The first-order chi connectivity index (χ1) is 13.9. The molecule has 4 rings (SSSR count). The van der Waals surface area contributed by atoms with E-state index in [1.54, 1.807) is 12.1 Å².